The summed E-state index contributed by atoms with van der Waals surface area (Å²) in [6.07, 6.45) is 4.85. The predicted molar refractivity (Wildman–Crippen MR) is 71.6 cm³/mol. The lowest BCUT2D eigenvalue weighted by atomic mass is 10.1. The van der Waals surface area contributed by atoms with Crippen molar-refractivity contribution in [2.45, 2.75) is 19.9 Å². The van der Waals surface area contributed by atoms with Crippen molar-refractivity contribution >= 4 is 5.82 Å². The third-order valence-electron chi connectivity index (χ3n) is 3.24. The first-order valence-electron chi connectivity index (χ1n) is 6.59. The minimum absolute atomic E-state index is 0.620. The van der Waals surface area contributed by atoms with E-state index in [1.165, 1.54) is 6.42 Å². The van der Waals surface area contributed by atoms with Gasteiger partial charge in [-0.2, -0.15) is 0 Å². The van der Waals surface area contributed by atoms with Gasteiger partial charge in [0, 0.05) is 38.9 Å². The first-order chi connectivity index (χ1) is 8.83. The number of anilines is 1. The van der Waals surface area contributed by atoms with Crippen LogP contribution < -0.4 is 10.2 Å². The molecule has 0 saturated carbocycles. The fourth-order valence-electron chi connectivity index (χ4n) is 2.30. The summed E-state index contributed by atoms with van der Waals surface area (Å²) in [5.74, 6) is 1.61. The first kappa shape index (κ1) is 13.2. The van der Waals surface area contributed by atoms with E-state index in [4.69, 9.17) is 4.74 Å². The lowest BCUT2D eigenvalue weighted by Crippen LogP contribution is -2.23. The summed E-state index contributed by atoms with van der Waals surface area (Å²) >= 11 is 0. The molecule has 1 fully saturated rings. The van der Waals surface area contributed by atoms with Crippen molar-refractivity contribution in [1.29, 1.82) is 0 Å². The van der Waals surface area contributed by atoms with Crippen LogP contribution in [0.15, 0.2) is 12.4 Å². The third-order valence-corrected chi connectivity index (χ3v) is 3.24. The van der Waals surface area contributed by atoms with Gasteiger partial charge in [-0.05, 0) is 13.0 Å². The molecule has 2 rings (SSSR count). The molecule has 2 heterocycles. The maximum atomic E-state index is 5.21. The van der Waals surface area contributed by atoms with Crippen LogP contribution in [0.5, 0.6) is 0 Å². The van der Waals surface area contributed by atoms with Crippen molar-refractivity contribution in [3.8, 4) is 0 Å². The van der Waals surface area contributed by atoms with Gasteiger partial charge in [-0.25, -0.2) is 4.98 Å². The average Bonchev–Trinajstić information content (AvgIpc) is 2.86. The smallest absolute Gasteiger partial charge is 0.147 e. The highest BCUT2D eigenvalue weighted by Crippen LogP contribution is 2.21. The molecule has 100 valence electrons. The summed E-state index contributed by atoms with van der Waals surface area (Å²) < 4.78 is 5.21. The third kappa shape index (κ3) is 3.40. The Kier molecular flexibility index (Phi) is 4.90. The molecule has 0 aliphatic carbocycles. The molecule has 1 unspecified atom stereocenters. The van der Waals surface area contributed by atoms with Crippen LogP contribution in [0.4, 0.5) is 5.82 Å². The number of hydrogen-bond acceptors (Lipinski definition) is 5. The van der Waals surface area contributed by atoms with Gasteiger partial charge in [-0.1, -0.05) is 6.92 Å². The Morgan fingerprint density at radius 3 is 3.17 bits per heavy atom. The summed E-state index contributed by atoms with van der Waals surface area (Å²) in [6.45, 7) is 6.73. The van der Waals surface area contributed by atoms with E-state index >= 15 is 0 Å². The second-order valence-electron chi connectivity index (χ2n) is 4.70. The van der Waals surface area contributed by atoms with Gasteiger partial charge < -0.3 is 15.0 Å². The maximum Gasteiger partial charge on any atom is 0.147 e. The molecule has 1 atom stereocenters. The first-order valence-corrected chi connectivity index (χ1v) is 6.59. The number of nitrogens with one attached hydrogen (secondary N) is 1. The quantitative estimate of drug-likeness (QED) is 0.818. The van der Waals surface area contributed by atoms with E-state index in [-0.39, 0.29) is 0 Å². The van der Waals surface area contributed by atoms with Gasteiger partial charge >= 0.3 is 0 Å². The van der Waals surface area contributed by atoms with E-state index in [1.807, 2.05) is 12.4 Å². The Balaban J connectivity index is 1.96. The molecule has 18 heavy (non-hydrogen) atoms. The van der Waals surface area contributed by atoms with Crippen LogP contribution in [-0.4, -0.2) is 43.3 Å². The molecule has 5 heteroatoms. The average molecular weight is 250 g/mol. The van der Waals surface area contributed by atoms with E-state index in [2.05, 4.69) is 27.1 Å². The molecule has 0 amide bonds. The van der Waals surface area contributed by atoms with E-state index in [0.717, 1.165) is 44.3 Å². The highest BCUT2D eigenvalue weighted by atomic mass is 16.5. The van der Waals surface area contributed by atoms with E-state index in [1.54, 1.807) is 7.11 Å². The number of methoxy groups -OCH3 is 1. The molecular weight excluding hydrogens is 228 g/mol. The molecule has 1 aliphatic heterocycles. The Bertz CT molecular complexity index is 372. The number of aromatic nitrogens is 2. The van der Waals surface area contributed by atoms with Crippen molar-refractivity contribution in [2.24, 2.45) is 5.92 Å². The molecule has 0 aromatic carbocycles. The van der Waals surface area contributed by atoms with Crippen molar-refractivity contribution in [3.63, 3.8) is 0 Å². The van der Waals surface area contributed by atoms with Crippen LogP contribution in [0.2, 0.25) is 0 Å². The summed E-state index contributed by atoms with van der Waals surface area (Å²) in [6, 6.07) is 0. The summed E-state index contributed by atoms with van der Waals surface area (Å²) in [4.78, 5) is 11.2. The summed E-state index contributed by atoms with van der Waals surface area (Å²) in [7, 11) is 1.76. The zero-order chi connectivity index (χ0) is 12.8. The summed E-state index contributed by atoms with van der Waals surface area (Å²) in [5, 5.41) is 3.27. The molecule has 1 aromatic heterocycles. The standard InChI is InChI=1S/C13H22N4O/c1-3-14-6-12-7-15-8-13(16-12)17-5-4-11(9-17)10-18-2/h7-8,11,14H,3-6,9-10H2,1-2H3. The van der Waals surface area contributed by atoms with Gasteiger partial charge in [0.1, 0.15) is 5.82 Å². The SMILES string of the molecule is CCNCc1cncc(N2CCC(COC)C2)n1. The number of hydrogen-bond donors (Lipinski definition) is 1. The van der Waals surface area contributed by atoms with Crippen LogP contribution in [0.1, 0.15) is 19.0 Å². The van der Waals surface area contributed by atoms with E-state index in [0.29, 0.717) is 5.92 Å². The molecule has 0 radical (unpaired) electrons. The Hall–Kier alpha value is -1.20. The lowest BCUT2D eigenvalue weighted by molar-refractivity contribution is 0.161. The van der Waals surface area contributed by atoms with Crippen LogP contribution in [0.3, 0.4) is 0 Å². The molecule has 0 bridgehead atoms. The second kappa shape index (κ2) is 6.66. The number of ether oxygens (including phenoxy) is 1. The van der Waals surface area contributed by atoms with Gasteiger partial charge in [0.15, 0.2) is 0 Å². The van der Waals surface area contributed by atoms with Crippen LogP contribution in [0.25, 0.3) is 0 Å². The predicted octanol–water partition coefficient (Wildman–Crippen LogP) is 1.06. The lowest BCUT2D eigenvalue weighted by Gasteiger charge is -2.17. The van der Waals surface area contributed by atoms with Crippen molar-refractivity contribution in [1.82, 2.24) is 15.3 Å². The van der Waals surface area contributed by atoms with Gasteiger partial charge in [-0.3, -0.25) is 4.98 Å². The van der Waals surface area contributed by atoms with Gasteiger partial charge in [0.05, 0.1) is 18.5 Å². The zero-order valence-electron chi connectivity index (χ0n) is 11.2. The molecule has 1 aromatic rings. The van der Waals surface area contributed by atoms with Crippen molar-refractivity contribution < 1.29 is 4.74 Å². The Morgan fingerprint density at radius 1 is 1.50 bits per heavy atom. The van der Waals surface area contributed by atoms with Crippen LogP contribution in [-0.2, 0) is 11.3 Å². The minimum atomic E-state index is 0.620. The van der Waals surface area contributed by atoms with Gasteiger partial charge in [-0.15, -0.1) is 0 Å². The Morgan fingerprint density at radius 2 is 2.39 bits per heavy atom. The minimum Gasteiger partial charge on any atom is -0.384 e. The highest BCUT2D eigenvalue weighted by Gasteiger charge is 2.23. The van der Waals surface area contributed by atoms with E-state index in [9.17, 15) is 0 Å². The van der Waals surface area contributed by atoms with Crippen molar-refractivity contribution in [2.75, 3.05) is 38.3 Å². The highest BCUT2D eigenvalue weighted by molar-refractivity contribution is 5.37. The monoisotopic (exact) mass is 250 g/mol. The molecule has 1 saturated heterocycles. The summed E-state index contributed by atoms with van der Waals surface area (Å²) in [5.41, 5.74) is 1.00. The molecular formula is C13H22N4O. The van der Waals surface area contributed by atoms with Gasteiger partial charge in [0.2, 0.25) is 0 Å². The fourth-order valence-corrected chi connectivity index (χ4v) is 2.30. The fraction of sp³-hybridized carbons (Fsp3) is 0.692. The topological polar surface area (TPSA) is 50.3 Å². The van der Waals surface area contributed by atoms with Crippen LogP contribution in [0, 0.1) is 5.92 Å². The van der Waals surface area contributed by atoms with Crippen molar-refractivity contribution in [3.05, 3.63) is 18.1 Å². The van der Waals surface area contributed by atoms with Crippen LogP contribution >= 0.6 is 0 Å². The number of nitrogens with zero attached hydrogens (tertiary/aromatic N) is 3. The molecule has 5 nitrogen and oxygen atoms in total. The van der Waals surface area contributed by atoms with Gasteiger partial charge in [0.25, 0.3) is 0 Å². The van der Waals surface area contributed by atoms with E-state index < -0.39 is 0 Å². The zero-order valence-corrected chi connectivity index (χ0v) is 11.2. The largest absolute Gasteiger partial charge is 0.384 e. The molecule has 1 N–H and O–H groups in total. The molecule has 0 spiro atoms. The Labute approximate surface area is 109 Å². The second-order valence-corrected chi connectivity index (χ2v) is 4.70. The molecule has 1 aliphatic rings. The maximum absolute atomic E-state index is 5.21. The normalized spacial score (nSPS) is 19.4. The number of rotatable bonds is 6.